The van der Waals surface area contributed by atoms with Gasteiger partial charge in [-0.05, 0) is 32.1 Å². The summed E-state index contributed by atoms with van der Waals surface area (Å²) in [5.41, 5.74) is 0. The third-order valence-corrected chi connectivity index (χ3v) is 14.9. The van der Waals surface area contributed by atoms with E-state index in [1.807, 2.05) is 27.2 Å². The molecule has 0 aliphatic heterocycles. The van der Waals surface area contributed by atoms with E-state index < -0.39 is 20.0 Å². The van der Waals surface area contributed by atoms with Crippen LogP contribution < -0.4 is 5.32 Å². The van der Waals surface area contributed by atoms with Gasteiger partial charge in [-0.1, -0.05) is 289 Å². The topological polar surface area (TPSA) is 105 Å². The number of allylic oxidation sites excluding steroid dienone is 3. The van der Waals surface area contributed by atoms with Gasteiger partial charge in [0.2, 0.25) is 5.91 Å². The highest BCUT2D eigenvalue weighted by Gasteiger charge is 2.27. The fraction of sp³-hybridized carbons (Fsp3) is 0.917. The number of unbranched alkanes of at least 4 members (excludes halogenated alkanes) is 41. The Morgan fingerprint density at radius 2 is 0.797 bits per heavy atom. The molecule has 0 aromatic carbocycles. The molecule has 0 heterocycles. The smallest absolute Gasteiger partial charge is 0.387 e. The van der Waals surface area contributed by atoms with Gasteiger partial charge in [0.25, 0.3) is 0 Å². The van der Waals surface area contributed by atoms with Crippen molar-refractivity contribution in [2.45, 2.75) is 315 Å². The predicted octanol–water partition coefficient (Wildman–Crippen LogP) is 18.4. The first kappa shape index (κ1) is 68.0. The third-order valence-electron chi connectivity index (χ3n) is 13.9. The van der Waals surface area contributed by atoms with Crippen molar-refractivity contribution in [1.82, 2.24) is 5.32 Å². The van der Waals surface area contributed by atoms with Crippen LogP contribution in [0.4, 0.5) is 0 Å². The molecule has 0 aliphatic carbocycles. The molecule has 9 heteroatoms. The first-order valence-electron chi connectivity index (χ1n) is 30.2. The molecule has 0 radical (unpaired) electrons. The van der Waals surface area contributed by atoms with Crippen LogP contribution in [0.3, 0.4) is 0 Å². The highest BCUT2D eigenvalue weighted by molar-refractivity contribution is 7.47. The van der Waals surface area contributed by atoms with E-state index in [4.69, 9.17) is 9.05 Å². The Bertz CT molecular complexity index is 1170. The normalized spacial score (nSPS) is 14.0. The van der Waals surface area contributed by atoms with Crippen molar-refractivity contribution in [2.75, 3.05) is 40.9 Å². The van der Waals surface area contributed by atoms with Gasteiger partial charge in [0.05, 0.1) is 39.9 Å². The van der Waals surface area contributed by atoms with Gasteiger partial charge in [-0.2, -0.15) is 0 Å². The van der Waals surface area contributed by atoms with Crippen molar-refractivity contribution in [2.24, 2.45) is 0 Å². The van der Waals surface area contributed by atoms with E-state index in [9.17, 15) is 19.4 Å². The lowest BCUT2D eigenvalue weighted by atomic mass is 10.0. The molecular formula is C60H120N2O6P+. The highest BCUT2D eigenvalue weighted by Crippen LogP contribution is 2.43. The summed E-state index contributed by atoms with van der Waals surface area (Å²) >= 11 is 0. The number of aliphatic hydroxyl groups excluding tert-OH is 1. The Labute approximate surface area is 430 Å². The average Bonchev–Trinajstić information content (AvgIpc) is 3.31. The molecule has 3 atom stereocenters. The number of likely N-dealkylation sites (N-methyl/N-ethyl adjacent to an activating group) is 1. The third kappa shape index (κ3) is 54.6. The fourth-order valence-corrected chi connectivity index (χ4v) is 9.92. The molecule has 1 amide bonds. The number of carbonyl (C=O) groups excluding carboxylic acids is 1. The molecule has 410 valence electrons. The zero-order valence-electron chi connectivity index (χ0n) is 46.8. The highest BCUT2D eigenvalue weighted by atomic mass is 31.2. The summed E-state index contributed by atoms with van der Waals surface area (Å²) in [6.07, 6.45) is 65.8. The lowest BCUT2D eigenvalue weighted by Crippen LogP contribution is -2.45. The number of nitrogens with one attached hydrogen (secondary N) is 1. The van der Waals surface area contributed by atoms with E-state index in [2.05, 4.69) is 31.3 Å². The molecular weight excluding hydrogens is 876 g/mol. The summed E-state index contributed by atoms with van der Waals surface area (Å²) in [5, 5.41) is 13.9. The molecule has 0 aromatic rings. The van der Waals surface area contributed by atoms with Gasteiger partial charge < -0.3 is 19.8 Å². The number of phosphoric ester groups is 1. The maximum Gasteiger partial charge on any atom is 0.472 e. The van der Waals surface area contributed by atoms with Crippen molar-refractivity contribution in [3.8, 4) is 0 Å². The van der Waals surface area contributed by atoms with Crippen molar-refractivity contribution in [3.63, 3.8) is 0 Å². The maximum atomic E-state index is 13.0. The Morgan fingerprint density at radius 1 is 0.478 bits per heavy atom. The summed E-state index contributed by atoms with van der Waals surface area (Å²) in [4.78, 5) is 23.3. The second kappa shape index (κ2) is 51.9. The van der Waals surface area contributed by atoms with Crippen molar-refractivity contribution < 1.29 is 32.9 Å². The number of amides is 1. The Balaban J connectivity index is 4.18. The minimum Gasteiger partial charge on any atom is -0.387 e. The number of quaternary nitrogens is 1. The zero-order chi connectivity index (χ0) is 50.6. The van der Waals surface area contributed by atoms with Gasteiger partial charge in [0.15, 0.2) is 0 Å². The van der Waals surface area contributed by atoms with Crippen LogP contribution in [-0.2, 0) is 18.4 Å². The van der Waals surface area contributed by atoms with Gasteiger partial charge in [-0.15, -0.1) is 0 Å². The van der Waals surface area contributed by atoms with E-state index >= 15 is 0 Å². The van der Waals surface area contributed by atoms with Crippen molar-refractivity contribution >= 4 is 13.7 Å². The lowest BCUT2D eigenvalue weighted by Gasteiger charge is -2.25. The maximum absolute atomic E-state index is 13.0. The van der Waals surface area contributed by atoms with Crippen molar-refractivity contribution in [3.05, 3.63) is 24.3 Å². The van der Waals surface area contributed by atoms with Gasteiger partial charge in [-0.3, -0.25) is 13.8 Å². The van der Waals surface area contributed by atoms with Crippen LogP contribution >= 0.6 is 7.82 Å². The summed E-state index contributed by atoms with van der Waals surface area (Å²) in [6, 6.07) is -0.860. The van der Waals surface area contributed by atoms with Gasteiger partial charge in [-0.25, -0.2) is 4.57 Å². The molecule has 0 aliphatic rings. The number of aliphatic hydroxyl groups is 1. The molecule has 0 saturated carbocycles. The predicted molar refractivity (Wildman–Crippen MR) is 300 cm³/mol. The molecule has 3 N–H and O–H groups in total. The molecule has 0 spiro atoms. The zero-order valence-corrected chi connectivity index (χ0v) is 47.7. The van der Waals surface area contributed by atoms with Crippen LogP contribution in [0.2, 0.25) is 0 Å². The molecule has 3 unspecified atom stereocenters. The van der Waals surface area contributed by atoms with E-state index in [1.165, 1.54) is 244 Å². The monoisotopic (exact) mass is 996 g/mol. The Morgan fingerprint density at radius 3 is 1.16 bits per heavy atom. The number of phosphoric acid groups is 1. The van der Waals surface area contributed by atoms with Crippen LogP contribution in [-0.4, -0.2) is 73.4 Å². The second-order valence-corrected chi connectivity index (χ2v) is 23.5. The standard InChI is InChI=1S/C60H119N2O6P/c1-6-8-10-12-14-16-18-20-22-24-26-27-28-29-30-31-32-33-34-36-37-39-41-43-45-47-49-51-53-59(63)58(57-68-69(65,66)67-56-55-62(3,4)5)61-60(64)54-52-50-48-46-44-42-40-38-35-25-23-21-19-17-15-13-11-9-7-2/h43,45,51,53,58-59,63H,6-42,44,46-50,52,54-57H2,1-5H3,(H-,61,64,65,66)/p+1/b45-43+,53-51+. The number of rotatable bonds is 56. The summed E-state index contributed by atoms with van der Waals surface area (Å²) in [5.74, 6) is -0.180. The van der Waals surface area contributed by atoms with Crippen LogP contribution in [0.25, 0.3) is 0 Å². The Kier molecular flexibility index (Phi) is 51.1. The minimum absolute atomic E-state index is 0.0588. The van der Waals surface area contributed by atoms with Gasteiger partial charge in [0.1, 0.15) is 13.2 Å². The Hall–Kier alpha value is -1.02. The number of hydrogen-bond acceptors (Lipinski definition) is 5. The fourth-order valence-electron chi connectivity index (χ4n) is 9.18. The largest absolute Gasteiger partial charge is 0.472 e. The van der Waals surface area contributed by atoms with E-state index in [0.29, 0.717) is 17.4 Å². The summed E-state index contributed by atoms with van der Waals surface area (Å²) < 4.78 is 23.7. The summed E-state index contributed by atoms with van der Waals surface area (Å²) in [7, 11) is 1.57. The number of hydrogen-bond donors (Lipinski definition) is 3. The van der Waals surface area contributed by atoms with Crippen LogP contribution in [0.15, 0.2) is 24.3 Å². The van der Waals surface area contributed by atoms with E-state index in [-0.39, 0.29) is 19.1 Å². The van der Waals surface area contributed by atoms with Crippen molar-refractivity contribution in [1.29, 1.82) is 0 Å². The van der Waals surface area contributed by atoms with E-state index in [1.54, 1.807) is 6.08 Å². The lowest BCUT2D eigenvalue weighted by molar-refractivity contribution is -0.870. The molecule has 69 heavy (non-hydrogen) atoms. The number of nitrogens with zero attached hydrogens (tertiary/aromatic N) is 1. The van der Waals surface area contributed by atoms with Crippen LogP contribution in [0, 0.1) is 0 Å². The molecule has 8 nitrogen and oxygen atoms in total. The molecule has 0 aromatic heterocycles. The second-order valence-electron chi connectivity index (χ2n) is 22.1. The number of carbonyl (C=O) groups is 1. The quantitative estimate of drug-likeness (QED) is 0.0243. The van der Waals surface area contributed by atoms with E-state index in [0.717, 1.165) is 38.5 Å². The molecule has 0 fully saturated rings. The molecule has 0 saturated heterocycles. The minimum atomic E-state index is -4.35. The van der Waals surface area contributed by atoms with Gasteiger partial charge in [0, 0.05) is 6.42 Å². The first-order valence-corrected chi connectivity index (χ1v) is 31.7. The van der Waals surface area contributed by atoms with Crippen LogP contribution in [0.5, 0.6) is 0 Å². The van der Waals surface area contributed by atoms with Crippen LogP contribution in [0.1, 0.15) is 303 Å². The molecule has 0 rings (SSSR count). The summed E-state index contributed by atoms with van der Waals surface area (Å²) in [6.45, 7) is 4.85. The SMILES string of the molecule is CCCCCCCCCCCCCCCCCCCCCCCC/C=C/CC/C=C/C(O)C(COP(=O)(O)OCC[N+](C)(C)C)NC(=O)CCCCCCCCCCCCCCCCCCCCC. The average molecular weight is 997 g/mol. The van der Waals surface area contributed by atoms with Gasteiger partial charge >= 0.3 is 7.82 Å². The molecule has 0 bridgehead atoms. The first-order chi connectivity index (χ1) is 33.5.